The van der Waals surface area contributed by atoms with Gasteiger partial charge in [0.1, 0.15) is 17.2 Å². The average molecular weight is 587 g/mol. The van der Waals surface area contributed by atoms with E-state index in [1.165, 1.54) is 32.1 Å². The molecule has 0 spiro atoms. The molecular formula is C32H27ClN2O5S. The molecule has 0 aliphatic carbocycles. The van der Waals surface area contributed by atoms with Crippen molar-refractivity contribution in [2.24, 2.45) is 0 Å². The molecule has 41 heavy (non-hydrogen) atoms. The van der Waals surface area contributed by atoms with Crippen LogP contribution < -0.4 is 20.1 Å². The Morgan fingerprint density at radius 3 is 2.29 bits per heavy atom. The lowest BCUT2D eigenvalue weighted by molar-refractivity contribution is -0.113. The number of benzene rings is 4. The van der Waals surface area contributed by atoms with Gasteiger partial charge in [-0.3, -0.25) is 14.4 Å². The first kappa shape index (κ1) is 29.5. The van der Waals surface area contributed by atoms with Gasteiger partial charge in [-0.15, -0.1) is 11.8 Å². The molecule has 2 amide bonds. The number of anilines is 1. The second-order valence-electron chi connectivity index (χ2n) is 8.69. The molecule has 0 aliphatic heterocycles. The first-order valence-corrected chi connectivity index (χ1v) is 13.9. The maximum atomic E-state index is 13.5. The molecule has 4 rings (SSSR count). The summed E-state index contributed by atoms with van der Waals surface area (Å²) in [4.78, 5) is 39.8. The van der Waals surface area contributed by atoms with Crippen LogP contribution in [-0.2, 0) is 4.79 Å². The molecule has 0 atom stereocenters. The molecule has 0 unspecified atom stereocenters. The summed E-state index contributed by atoms with van der Waals surface area (Å²) in [6.07, 6.45) is 1.53. The number of halogens is 1. The molecule has 0 aromatic heterocycles. The lowest BCUT2D eigenvalue weighted by Crippen LogP contribution is -2.30. The van der Waals surface area contributed by atoms with Crippen molar-refractivity contribution in [2.45, 2.75) is 4.90 Å². The number of methoxy groups -OCH3 is 2. The van der Waals surface area contributed by atoms with E-state index in [-0.39, 0.29) is 17.2 Å². The predicted molar refractivity (Wildman–Crippen MR) is 163 cm³/mol. The molecule has 0 saturated carbocycles. The van der Waals surface area contributed by atoms with Gasteiger partial charge in [0.15, 0.2) is 5.78 Å². The minimum atomic E-state index is -0.543. The summed E-state index contributed by atoms with van der Waals surface area (Å²) in [6, 6.07) is 27.6. The van der Waals surface area contributed by atoms with Gasteiger partial charge < -0.3 is 20.1 Å². The summed E-state index contributed by atoms with van der Waals surface area (Å²) in [5.74, 6) is 0.241. The van der Waals surface area contributed by atoms with Gasteiger partial charge >= 0.3 is 0 Å². The Kier molecular flexibility index (Phi) is 10.2. The predicted octanol–water partition coefficient (Wildman–Crippen LogP) is 6.74. The SMILES string of the molecule is COc1ccc(OC)c(/C=C(\NC(=O)c2ccccc2)C(=O)Nc2cccc(SCC(=O)c3ccc(Cl)cc3)c2)c1. The van der Waals surface area contributed by atoms with Crippen LogP contribution in [0.5, 0.6) is 11.5 Å². The van der Waals surface area contributed by atoms with Crippen molar-refractivity contribution in [3.05, 3.63) is 124 Å². The van der Waals surface area contributed by atoms with Crippen LogP contribution in [-0.4, -0.2) is 37.6 Å². The van der Waals surface area contributed by atoms with Gasteiger partial charge in [-0.05, 0) is 78.9 Å². The van der Waals surface area contributed by atoms with E-state index in [1.807, 2.05) is 6.07 Å². The van der Waals surface area contributed by atoms with Crippen LogP contribution in [0.25, 0.3) is 6.08 Å². The highest BCUT2D eigenvalue weighted by molar-refractivity contribution is 8.00. The fourth-order valence-corrected chi connectivity index (χ4v) is 4.76. The van der Waals surface area contributed by atoms with E-state index >= 15 is 0 Å². The highest BCUT2D eigenvalue weighted by Gasteiger charge is 2.17. The van der Waals surface area contributed by atoms with Crippen LogP contribution in [0.15, 0.2) is 108 Å². The first-order valence-electron chi connectivity index (χ1n) is 12.5. The van der Waals surface area contributed by atoms with Gasteiger partial charge in [-0.25, -0.2) is 0 Å². The summed E-state index contributed by atoms with van der Waals surface area (Å²) in [6.45, 7) is 0. The van der Waals surface area contributed by atoms with Crippen molar-refractivity contribution in [2.75, 3.05) is 25.3 Å². The number of hydrogen-bond donors (Lipinski definition) is 2. The van der Waals surface area contributed by atoms with E-state index in [0.29, 0.717) is 38.9 Å². The van der Waals surface area contributed by atoms with E-state index in [0.717, 1.165) is 4.90 Å². The molecule has 0 bridgehead atoms. The molecular weight excluding hydrogens is 560 g/mol. The lowest BCUT2D eigenvalue weighted by Gasteiger charge is -2.13. The Labute approximate surface area is 247 Å². The minimum Gasteiger partial charge on any atom is -0.497 e. The van der Waals surface area contributed by atoms with E-state index in [2.05, 4.69) is 10.6 Å². The van der Waals surface area contributed by atoms with Gasteiger partial charge in [-0.2, -0.15) is 0 Å². The Morgan fingerprint density at radius 2 is 1.59 bits per heavy atom. The van der Waals surface area contributed by atoms with E-state index in [4.69, 9.17) is 21.1 Å². The topological polar surface area (TPSA) is 93.7 Å². The molecule has 0 saturated heterocycles. The monoisotopic (exact) mass is 586 g/mol. The van der Waals surface area contributed by atoms with Crippen molar-refractivity contribution >= 4 is 52.7 Å². The number of rotatable bonds is 11. The minimum absolute atomic E-state index is 0.00128. The highest BCUT2D eigenvalue weighted by Crippen LogP contribution is 2.27. The zero-order valence-electron chi connectivity index (χ0n) is 22.3. The number of ether oxygens (including phenoxy) is 2. The van der Waals surface area contributed by atoms with Gasteiger partial charge in [0.25, 0.3) is 11.8 Å². The van der Waals surface area contributed by atoms with Crippen molar-refractivity contribution in [1.29, 1.82) is 0 Å². The van der Waals surface area contributed by atoms with Crippen LogP contribution in [0.4, 0.5) is 5.69 Å². The number of carbonyl (C=O) groups excluding carboxylic acids is 3. The Balaban J connectivity index is 1.55. The second-order valence-corrected chi connectivity index (χ2v) is 10.2. The molecule has 0 radical (unpaired) electrons. The van der Waals surface area contributed by atoms with Gasteiger partial charge in [0.2, 0.25) is 0 Å². The van der Waals surface area contributed by atoms with Crippen LogP contribution in [0, 0.1) is 0 Å². The smallest absolute Gasteiger partial charge is 0.272 e. The molecule has 4 aromatic rings. The van der Waals surface area contributed by atoms with Crippen molar-refractivity contribution < 1.29 is 23.9 Å². The fourth-order valence-electron chi connectivity index (χ4n) is 3.78. The molecule has 2 N–H and O–H groups in total. The Morgan fingerprint density at radius 1 is 0.829 bits per heavy atom. The van der Waals surface area contributed by atoms with Crippen molar-refractivity contribution in [3.8, 4) is 11.5 Å². The number of Topliss-reactive ketones (excluding diaryl/α,β-unsaturated/α-hetero) is 1. The summed E-state index contributed by atoms with van der Waals surface area (Å²) in [5, 5.41) is 6.13. The zero-order valence-corrected chi connectivity index (χ0v) is 23.9. The van der Waals surface area contributed by atoms with Crippen molar-refractivity contribution in [1.82, 2.24) is 5.32 Å². The molecule has 0 aliphatic rings. The average Bonchev–Trinajstić information content (AvgIpc) is 3.00. The number of carbonyl (C=O) groups is 3. The molecule has 9 heteroatoms. The zero-order chi connectivity index (χ0) is 29.2. The third kappa shape index (κ3) is 8.23. The molecule has 208 valence electrons. The standard InChI is InChI=1S/C32H27ClN2O5S/c1-39-26-15-16-30(40-2)23(17-26)18-28(35-31(37)22-7-4-3-5-8-22)32(38)34-25-9-6-10-27(19-25)41-20-29(36)21-11-13-24(33)14-12-21/h3-19H,20H2,1-2H3,(H,34,38)(H,35,37)/b28-18-. The van der Waals surface area contributed by atoms with E-state index in [9.17, 15) is 14.4 Å². The molecule has 4 aromatic carbocycles. The largest absolute Gasteiger partial charge is 0.497 e. The Bertz CT molecular complexity index is 1570. The molecule has 0 fully saturated rings. The maximum Gasteiger partial charge on any atom is 0.272 e. The van der Waals surface area contributed by atoms with E-state index < -0.39 is 11.8 Å². The number of nitrogens with one attached hydrogen (secondary N) is 2. The molecule has 0 heterocycles. The van der Waals surface area contributed by atoms with E-state index in [1.54, 1.807) is 91.0 Å². The summed E-state index contributed by atoms with van der Waals surface area (Å²) < 4.78 is 10.8. The van der Waals surface area contributed by atoms with Crippen LogP contribution in [0.3, 0.4) is 0 Å². The number of amides is 2. The summed E-state index contributed by atoms with van der Waals surface area (Å²) >= 11 is 7.26. The summed E-state index contributed by atoms with van der Waals surface area (Å²) in [5.41, 5.74) is 2.00. The van der Waals surface area contributed by atoms with Gasteiger partial charge in [0.05, 0.1) is 20.0 Å². The first-order chi connectivity index (χ1) is 19.9. The van der Waals surface area contributed by atoms with Crippen LogP contribution >= 0.6 is 23.4 Å². The Hall–Kier alpha value is -4.53. The number of hydrogen-bond acceptors (Lipinski definition) is 6. The number of thioether (sulfide) groups is 1. The fraction of sp³-hybridized carbons (Fsp3) is 0.0938. The van der Waals surface area contributed by atoms with Crippen LogP contribution in [0.2, 0.25) is 5.02 Å². The van der Waals surface area contributed by atoms with Gasteiger partial charge in [-0.1, -0.05) is 35.9 Å². The normalized spacial score (nSPS) is 11.0. The third-order valence-corrected chi connectivity index (χ3v) is 7.14. The lowest BCUT2D eigenvalue weighted by atomic mass is 10.1. The summed E-state index contributed by atoms with van der Waals surface area (Å²) in [7, 11) is 3.05. The van der Waals surface area contributed by atoms with Crippen molar-refractivity contribution in [3.63, 3.8) is 0 Å². The van der Waals surface area contributed by atoms with Gasteiger partial charge in [0, 0.05) is 32.3 Å². The highest BCUT2D eigenvalue weighted by atomic mass is 35.5. The second kappa shape index (κ2) is 14.2. The maximum absolute atomic E-state index is 13.5. The third-order valence-electron chi connectivity index (χ3n) is 5.89. The number of ketones is 1. The quantitative estimate of drug-likeness (QED) is 0.115. The molecule has 7 nitrogen and oxygen atoms in total. The van der Waals surface area contributed by atoms with Crippen LogP contribution in [0.1, 0.15) is 26.3 Å².